The van der Waals surface area contributed by atoms with Gasteiger partial charge in [0, 0.05) is 40.8 Å². The second-order valence-electron chi connectivity index (χ2n) is 8.04. The molecule has 0 unspecified atom stereocenters. The fourth-order valence-corrected chi connectivity index (χ4v) is 3.97. The third-order valence-electron chi connectivity index (χ3n) is 5.46. The summed E-state index contributed by atoms with van der Waals surface area (Å²) in [6, 6.07) is 11.9. The number of H-pyrrole nitrogens is 1. The SMILES string of the molecule is CN(C)CCn1cc(C=O)c2ccc(-c3[c-][nH]nc3)cc21.Clc1ccc2c(c1)CCCO2.[CH3-].[U+2]. The van der Waals surface area contributed by atoms with Crippen LogP contribution >= 0.6 is 11.6 Å². The summed E-state index contributed by atoms with van der Waals surface area (Å²) >= 11 is 5.82. The van der Waals surface area contributed by atoms with E-state index >= 15 is 0 Å². The molecular formula is C26H29ClN4O2U. The summed E-state index contributed by atoms with van der Waals surface area (Å²) in [4.78, 5) is 13.4. The Morgan fingerprint density at radius 2 is 2.09 bits per heavy atom. The van der Waals surface area contributed by atoms with E-state index in [0.717, 1.165) is 77.2 Å². The number of carbonyl (C=O) groups is 1. The van der Waals surface area contributed by atoms with Crippen molar-refractivity contribution in [3.8, 4) is 16.9 Å². The van der Waals surface area contributed by atoms with Crippen molar-refractivity contribution in [3.05, 3.63) is 78.6 Å². The van der Waals surface area contributed by atoms with Crippen LogP contribution in [0.4, 0.5) is 0 Å². The molecule has 5 rings (SSSR count). The van der Waals surface area contributed by atoms with E-state index in [2.05, 4.69) is 31.9 Å². The van der Waals surface area contributed by atoms with Gasteiger partial charge in [-0.2, -0.15) is 0 Å². The molecule has 0 amide bonds. The fraction of sp³-hybridized carbons (Fsp3) is 0.269. The maximum absolute atomic E-state index is 11.2. The molecule has 34 heavy (non-hydrogen) atoms. The summed E-state index contributed by atoms with van der Waals surface area (Å²) in [5.41, 5.74) is 4.99. The second kappa shape index (κ2) is 13.2. The van der Waals surface area contributed by atoms with Gasteiger partial charge in [-0.1, -0.05) is 36.1 Å². The predicted octanol–water partition coefficient (Wildman–Crippen LogP) is 5.32. The van der Waals surface area contributed by atoms with E-state index in [1.165, 1.54) is 5.56 Å². The summed E-state index contributed by atoms with van der Waals surface area (Å²) in [5, 5.41) is 8.42. The molecule has 0 spiro atoms. The standard InChI is InChI=1S/C16H17N4O.C9H9ClO.CH3.U/c1-19(2)5-6-20-10-14(11-21)15-4-3-12(7-16(15)20)13-8-17-18-9-13;10-8-3-4-9-7(6-8)2-1-5-11-9;;/h3-4,7-8,10-11H,5-6H2,1-2H3,(H,17,18);3-4,6H,1-2,5H2;1H3;/q-1;;-1;+2. The maximum atomic E-state index is 11.2. The smallest absolute Gasteiger partial charge is 0.493 e. The van der Waals surface area contributed by atoms with Gasteiger partial charge in [0.05, 0.1) is 6.61 Å². The molecule has 2 aromatic carbocycles. The van der Waals surface area contributed by atoms with Gasteiger partial charge in [0.15, 0.2) is 6.29 Å². The van der Waals surface area contributed by atoms with Gasteiger partial charge < -0.3 is 26.7 Å². The summed E-state index contributed by atoms with van der Waals surface area (Å²) in [7, 11) is 4.08. The van der Waals surface area contributed by atoms with Gasteiger partial charge in [-0.05, 0) is 50.7 Å². The van der Waals surface area contributed by atoms with Crippen LogP contribution in [0, 0.1) is 44.7 Å². The van der Waals surface area contributed by atoms with Crippen LogP contribution in [0.1, 0.15) is 22.3 Å². The number of hydrogen-bond donors (Lipinski definition) is 1. The minimum Gasteiger partial charge on any atom is -0.493 e. The van der Waals surface area contributed by atoms with Crippen LogP contribution in [0.5, 0.6) is 5.75 Å². The number of fused-ring (bicyclic) bond motifs is 2. The molecule has 0 bridgehead atoms. The number of aromatic nitrogens is 3. The number of ether oxygens (including phenoxy) is 1. The molecule has 1 N–H and O–H groups in total. The number of rotatable bonds is 5. The van der Waals surface area contributed by atoms with E-state index in [0.29, 0.717) is 0 Å². The van der Waals surface area contributed by atoms with E-state index in [1.807, 2.05) is 50.6 Å². The summed E-state index contributed by atoms with van der Waals surface area (Å²) < 4.78 is 7.55. The van der Waals surface area contributed by atoms with Gasteiger partial charge in [-0.3, -0.25) is 9.89 Å². The van der Waals surface area contributed by atoms with E-state index in [4.69, 9.17) is 16.3 Å². The minimum atomic E-state index is 0. The van der Waals surface area contributed by atoms with Crippen molar-refractivity contribution in [3.63, 3.8) is 0 Å². The monoisotopic (exact) mass is 702 g/mol. The van der Waals surface area contributed by atoms with Gasteiger partial charge >= 0.3 is 31.1 Å². The first kappa shape index (κ1) is 28.2. The minimum absolute atomic E-state index is 0. The average Bonchev–Trinajstić information content (AvgIpc) is 3.46. The molecule has 2 aromatic heterocycles. The van der Waals surface area contributed by atoms with Gasteiger partial charge in [-0.15, -0.1) is 17.2 Å². The second-order valence-corrected chi connectivity index (χ2v) is 8.48. The third kappa shape index (κ3) is 6.76. The molecule has 8 heteroatoms. The zero-order chi connectivity index (χ0) is 22.5. The van der Waals surface area contributed by atoms with Gasteiger partial charge in [0.1, 0.15) is 5.75 Å². The third-order valence-corrected chi connectivity index (χ3v) is 5.69. The normalized spacial score (nSPS) is 12.0. The Morgan fingerprint density at radius 1 is 1.26 bits per heavy atom. The molecule has 176 valence electrons. The Labute approximate surface area is 230 Å². The maximum Gasteiger partial charge on any atom is 2.00 e. The van der Waals surface area contributed by atoms with Crippen LogP contribution in [0.3, 0.4) is 0 Å². The quantitative estimate of drug-likeness (QED) is 0.226. The number of benzene rings is 2. The molecule has 0 fully saturated rings. The topological polar surface area (TPSA) is 63.2 Å². The number of aryl methyl sites for hydroxylation is 1. The van der Waals surface area contributed by atoms with Gasteiger partial charge in [0.25, 0.3) is 0 Å². The van der Waals surface area contributed by atoms with Crippen molar-refractivity contribution >= 4 is 28.8 Å². The zero-order valence-electron chi connectivity index (χ0n) is 19.8. The number of likely N-dealkylation sites (N-methyl/N-ethyl adjacent to an activating group) is 1. The van der Waals surface area contributed by atoms with Gasteiger partial charge in [0.2, 0.25) is 0 Å². The van der Waals surface area contributed by atoms with E-state index in [9.17, 15) is 4.79 Å². The predicted molar refractivity (Wildman–Crippen MR) is 134 cm³/mol. The molecule has 3 heterocycles. The van der Waals surface area contributed by atoms with Crippen molar-refractivity contribution in [2.75, 3.05) is 27.2 Å². The van der Waals surface area contributed by atoms with Crippen LogP contribution in [0.15, 0.2) is 48.8 Å². The molecular weight excluding hydrogens is 674 g/mol. The number of halogens is 1. The summed E-state index contributed by atoms with van der Waals surface area (Å²) in [5.74, 6) is 1.00. The first-order valence-corrected chi connectivity index (χ1v) is 11.0. The van der Waals surface area contributed by atoms with Crippen molar-refractivity contribution in [1.82, 2.24) is 19.7 Å². The first-order chi connectivity index (χ1) is 15.5. The van der Waals surface area contributed by atoms with Crippen molar-refractivity contribution in [1.29, 1.82) is 0 Å². The molecule has 1 aliphatic rings. The molecule has 0 saturated carbocycles. The van der Waals surface area contributed by atoms with E-state index in [-0.39, 0.29) is 38.5 Å². The Kier molecular flexibility index (Phi) is 10.9. The Balaban J connectivity index is 0.000000267. The number of nitrogens with one attached hydrogen (secondary N) is 1. The van der Waals surface area contributed by atoms with E-state index < -0.39 is 0 Å². The summed E-state index contributed by atoms with van der Waals surface area (Å²) in [6.07, 6.45) is 9.76. The first-order valence-electron chi connectivity index (χ1n) is 10.6. The van der Waals surface area contributed by atoms with Gasteiger partial charge in [-0.25, -0.2) is 0 Å². The van der Waals surface area contributed by atoms with E-state index in [1.54, 1.807) is 6.20 Å². The molecule has 0 radical (unpaired) electrons. The number of hydrogen-bond acceptors (Lipinski definition) is 4. The number of aldehydes is 1. The molecule has 0 atom stereocenters. The zero-order valence-corrected chi connectivity index (χ0v) is 24.7. The Morgan fingerprint density at radius 3 is 2.79 bits per heavy atom. The molecule has 4 aromatic rings. The van der Waals surface area contributed by atoms with Crippen LogP contribution in [0.25, 0.3) is 22.0 Å². The van der Waals surface area contributed by atoms with Crippen LogP contribution in [0.2, 0.25) is 5.02 Å². The van der Waals surface area contributed by atoms with Crippen LogP contribution in [-0.2, 0) is 13.0 Å². The summed E-state index contributed by atoms with van der Waals surface area (Å²) in [6.45, 7) is 2.61. The largest absolute Gasteiger partial charge is 2.00 e. The Hall–Kier alpha value is -2.04. The number of aromatic amines is 1. The van der Waals surface area contributed by atoms with Crippen molar-refractivity contribution in [2.24, 2.45) is 0 Å². The average molecular weight is 703 g/mol. The number of carbonyl (C=O) groups excluding carboxylic acids is 1. The molecule has 0 aliphatic carbocycles. The fourth-order valence-electron chi connectivity index (χ4n) is 3.77. The molecule has 1 aliphatic heterocycles. The van der Waals surface area contributed by atoms with Crippen LogP contribution in [-0.4, -0.2) is 53.2 Å². The van der Waals surface area contributed by atoms with Crippen molar-refractivity contribution < 1.29 is 40.6 Å². The molecule has 6 nitrogen and oxygen atoms in total. The number of nitrogens with zero attached hydrogens (tertiary/aromatic N) is 3. The van der Waals surface area contributed by atoms with Crippen molar-refractivity contribution in [2.45, 2.75) is 19.4 Å². The molecule has 0 saturated heterocycles. The Bertz CT molecular complexity index is 1210. The van der Waals surface area contributed by atoms with Crippen LogP contribution < -0.4 is 4.74 Å².